The van der Waals surface area contributed by atoms with Gasteiger partial charge in [-0.1, -0.05) is 18.2 Å². The van der Waals surface area contributed by atoms with Crippen molar-refractivity contribution in [1.29, 1.82) is 0 Å². The number of H-pyrrole nitrogens is 1. The fourth-order valence-electron chi connectivity index (χ4n) is 3.47. The van der Waals surface area contributed by atoms with Crippen molar-refractivity contribution >= 4 is 17.5 Å². The molecule has 3 heterocycles. The maximum atomic E-state index is 12.8. The number of hydrogen-bond acceptors (Lipinski definition) is 6. The fraction of sp³-hybridized carbons (Fsp3) is 0.238. The van der Waals surface area contributed by atoms with Gasteiger partial charge in [0.05, 0.1) is 23.6 Å². The third-order valence-electron chi connectivity index (χ3n) is 5.16. The molecule has 2 amide bonds. The first kappa shape index (κ1) is 20.2. The van der Waals surface area contributed by atoms with E-state index in [1.54, 1.807) is 29.3 Å². The van der Waals surface area contributed by atoms with Crippen molar-refractivity contribution in [3.05, 3.63) is 87.0 Å². The van der Waals surface area contributed by atoms with Crippen LogP contribution in [0, 0.1) is 10.1 Å². The molecule has 0 spiro atoms. The van der Waals surface area contributed by atoms with E-state index in [-0.39, 0.29) is 42.7 Å². The monoisotopic (exact) mass is 420 g/mol. The van der Waals surface area contributed by atoms with E-state index in [2.05, 4.69) is 20.5 Å². The number of aromatic amines is 1. The van der Waals surface area contributed by atoms with Gasteiger partial charge in [0.1, 0.15) is 0 Å². The minimum absolute atomic E-state index is 0.0152. The van der Waals surface area contributed by atoms with Gasteiger partial charge >= 0.3 is 0 Å². The quantitative estimate of drug-likeness (QED) is 0.461. The summed E-state index contributed by atoms with van der Waals surface area (Å²) in [5.74, 6) is -0.437. The van der Waals surface area contributed by atoms with E-state index in [1.807, 2.05) is 12.1 Å². The van der Waals surface area contributed by atoms with Gasteiger partial charge in [-0.15, -0.1) is 0 Å². The molecule has 1 aliphatic rings. The van der Waals surface area contributed by atoms with Gasteiger partial charge in [-0.25, -0.2) is 0 Å². The SMILES string of the molecule is O=C(NCc1ccccn1)c1n[nH]c2c1CN(C(=O)Cc1ccc([N+](=O)[O-])cc1)CC2. The summed E-state index contributed by atoms with van der Waals surface area (Å²) >= 11 is 0. The number of hydrogen-bond donors (Lipinski definition) is 2. The van der Waals surface area contributed by atoms with Gasteiger partial charge in [-0.3, -0.25) is 29.8 Å². The lowest BCUT2D eigenvalue weighted by Crippen LogP contribution is -2.37. The lowest BCUT2D eigenvalue weighted by molar-refractivity contribution is -0.384. The molecule has 31 heavy (non-hydrogen) atoms. The lowest BCUT2D eigenvalue weighted by atomic mass is 10.0. The molecular weight excluding hydrogens is 400 g/mol. The standard InChI is InChI=1S/C21H20N6O4/c28-19(11-14-4-6-16(7-5-14)27(30)31)26-10-8-18-17(13-26)20(25-24-18)21(29)23-12-15-3-1-2-9-22-15/h1-7,9H,8,10-13H2,(H,23,29)(H,24,25). The maximum Gasteiger partial charge on any atom is 0.272 e. The van der Waals surface area contributed by atoms with E-state index in [0.29, 0.717) is 24.1 Å². The average Bonchev–Trinajstić information content (AvgIpc) is 3.22. The summed E-state index contributed by atoms with van der Waals surface area (Å²) in [6, 6.07) is 11.4. The molecular formula is C21H20N6O4. The summed E-state index contributed by atoms with van der Waals surface area (Å²) in [7, 11) is 0. The summed E-state index contributed by atoms with van der Waals surface area (Å²) < 4.78 is 0. The Labute approximate surface area is 177 Å². The van der Waals surface area contributed by atoms with Crippen molar-refractivity contribution in [2.75, 3.05) is 6.54 Å². The number of nitro benzene ring substituents is 1. The molecule has 0 unspecified atom stereocenters. The molecule has 0 atom stereocenters. The number of carbonyl (C=O) groups is 2. The molecule has 0 bridgehead atoms. The van der Waals surface area contributed by atoms with Crippen LogP contribution in [0.5, 0.6) is 0 Å². The molecule has 2 N–H and O–H groups in total. The largest absolute Gasteiger partial charge is 0.345 e. The minimum atomic E-state index is -0.475. The Hall–Kier alpha value is -4.08. The van der Waals surface area contributed by atoms with Crippen LogP contribution in [0.4, 0.5) is 5.69 Å². The first-order valence-corrected chi connectivity index (χ1v) is 9.76. The minimum Gasteiger partial charge on any atom is -0.345 e. The second kappa shape index (κ2) is 8.74. The molecule has 0 saturated heterocycles. The number of pyridine rings is 1. The van der Waals surface area contributed by atoms with Crippen molar-refractivity contribution in [2.24, 2.45) is 0 Å². The highest BCUT2D eigenvalue weighted by Gasteiger charge is 2.27. The Bertz CT molecular complexity index is 1110. The number of amides is 2. The van der Waals surface area contributed by atoms with Crippen molar-refractivity contribution in [2.45, 2.75) is 25.9 Å². The van der Waals surface area contributed by atoms with Crippen LogP contribution >= 0.6 is 0 Å². The molecule has 10 nitrogen and oxygen atoms in total. The predicted molar refractivity (Wildman–Crippen MR) is 110 cm³/mol. The van der Waals surface area contributed by atoms with Crippen LogP contribution in [0.3, 0.4) is 0 Å². The van der Waals surface area contributed by atoms with Crippen molar-refractivity contribution in [1.82, 2.24) is 25.4 Å². The maximum absolute atomic E-state index is 12.8. The Morgan fingerprint density at radius 2 is 2.00 bits per heavy atom. The summed E-state index contributed by atoms with van der Waals surface area (Å²) in [4.78, 5) is 41.5. The molecule has 0 saturated carbocycles. The number of nitrogens with one attached hydrogen (secondary N) is 2. The van der Waals surface area contributed by atoms with E-state index < -0.39 is 4.92 Å². The Kier molecular flexibility index (Phi) is 5.69. The van der Waals surface area contributed by atoms with Crippen LogP contribution in [0.1, 0.15) is 33.0 Å². The third-order valence-corrected chi connectivity index (χ3v) is 5.16. The number of non-ortho nitro benzene ring substituents is 1. The first-order valence-electron chi connectivity index (χ1n) is 9.76. The van der Waals surface area contributed by atoms with Crippen LogP contribution in [-0.4, -0.2) is 43.4 Å². The summed E-state index contributed by atoms with van der Waals surface area (Å²) in [6.45, 7) is 1.07. The number of aromatic nitrogens is 3. The van der Waals surface area contributed by atoms with Crippen LogP contribution in [0.2, 0.25) is 0 Å². The second-order valence-corrected chi connectivity index (χ2v) is 7.20. The van der Waals surface area contributed by atoms with E-state index >= 15 is 0 Å². The van der Waals surface area contributed by atoms with Gasteiger partial charge in [0.2, 0.25) is 5.91 Å². The van der Waals surface area contributed by atoms with Gasteiger partial charge in [-0.05, 0) is 17.7 Å². The molecule has 3 aromatic rings. The second-order valence-electron chi connectivity index (χ2n) is 7.20. The summed E-state index contributed by atoms with van der Waals surface area (Å²) in [5.41, 5.74) is 3.25. The highest BCUT2D eigenvalue weighted by atomic mass is 16.6. The van der Waals surface area contributed by atoms with Crippen molar-refractivity contribution in [3.63, 3.8) is 0 Å². The number of fused-ring (bicyclic) bond motifs is 1. The van der Waals surface area contributed by atoms with Crippen LogP contribution in [0.15, 0.2) is 48.7 Å². The zero-order valence-corrected chi connectivity index (χ0v) is 16.6. The van der Waals surface area contributed by atoms with E-state index in [0.717, 1.165) is 11.4 Å². The molecule has 0 aliphatic carbocycles. The summed E-state index contributed by atoms with van der Waals surface area (Å²) in [5, 5.41) is 20.6. The lowest BCUT2D eigenvalue weighted by Gasteiger charge is -2.27. The molecule has 1 aromatic carbocycles. The fourth-order valence-corrected chi connectivity index (χ4v) is 3.47. The smallest absolute Gasteiger partial charge is 0.272 e. The normalized spacial score (nSPS) is 12.8. The Morgan fingerprint density at radius 3 is 2.71 bits per heavy atom. The topological polar surface area (TPSA) is 134 Å². The molecule has 1 aliphatic heterocycles. The number of rotatable bonds is 6. The molecule has 0 fully saturated rings. The Balaban J connectivity index is 1.40. The molecule has 10 heteroatoms. The molecule has 0 radical (unpaired) electrons. The Morgan fingerprint density at radius 1 is 1.19 bits per heavy atom. The van der Waals surface area contributed by atoms with E-state index in [9.17, 15) is 19.7 Å². The van der Waals surface area contributed by atoms with Crippen LogP contribution in [-0.2, 0) is 30.7 Å². The van der Waals surface area contributed by atoms with Crippen LogP contribution < -0.4 is 5.32 Å². The zero-order chi connectivity index (χ0) is 21.8. The van der Waals surface area contributed by atoms with Crippen molar-refractivity contribution in [3.8, 4) is 0 Å². The van der Waals surface area contributed by atoms with Gasteiger partial charge in [0, 0.05) is 49.1 Å². The van der Waals surface area contributed by atoms with Crippen LogP contribution in [0.25, 0.3) is 0 Å². The zero-order valence-electron chi connectivity index (χ0n) is 16.6. The number of nitrogens with zero attached hydrogens (tertiary/aromatic N) is 4. The van der Waals surface area contributed by atoms with E-state index in [4.69, 9.17) is 0 Å². The van der Waals surface area contributed by atoms with Crippen molar-refractivity contribution < 1.29 is 14.5 Å². The molecule has 4 rings (SSSR count). The predicted octanol–water partition coefficient (Wildman–Crippen LogP) is 1.77. The first-order chi connectivity index (χ1) is 15.0. The van der Waals surface area contributed by atoms with Gasteiger partial charge in [0.15, 0.2) is 5.69 Å². The third kappa shape index (κ3) is 4.58. The molecule has 2 aromatic heterocycles. The highest BCUT2D eigenvalue weighted by Crippen LogP contribution is 2.22. The number of benzene rings is 1. The summed E-state index contributed by atoms with van der Waals surface area (Å²) in [6.07, 6.45) is 2.36. The van der Waals surface area contributed by atoms with Gasteiger partial charge in [0.25, 0.3) is 11.6 Å². The number of carbonyl (C=O) groups excluding carboxylic acids is 2. The van der Waals surface area contributed by atoms with Gasteiger partial charge < -0.3 is 10.2 Å². The van der Waals surface area contributed by atoms with Gasteiger partial charge in [-0.2, -0.15) is 5.10 Å². The molecule has 158 valence electrons. The average molecular weight is 420 g/mol. The highest BCUT2D eigenvalue weighted by molar-refractivity contribution is 5.94. The number of nitro groups is 1. The van der Waals surface area contributed by atoms with E-state index in [1.165, 1.54) is 12.1 Å².